The van der Waals surface area contributed by atoms with Crippen molar-refractivity contribution in [1.82, 2.24) is 5.32 Å². The summed E-state index contributed by atoms with van der Waals surface area (Å²) in [7, 11) is 0. The molecule has 1 amide bonds. The van der Waals surface area contributed by atoms with Gasteiger partial charge in [-0.05, 0) is 13.2 Å². The number of carbonyl (C=O) groups excluding carboxylic acids is 2. The monoisotopic (exact) mass is 277 g/mol. The molecule has 0 rings (SSSR count). The van der Waals surface area contributed by atoms with Crippen molar-refractivity contribution >= 4 is 29.4 Å². The molecule has 0 heterocycles. The maximum absolute atomic E-state index is 11.5. The van der Waals surface area contributed by atoms with Crippen LogP contribution in [-0.2, 0) is 19.1 Å². The highest BCUT2D eigenvalue weighted by Gasteiger charge is 2.19. The number of hydrogen-bond acceptors (Lipinski definition) is 5. The number of thioether (sulfide) groups is 1. The summed E-state index contributed by atoms with van der Waals surface area (Å²) in [5.74, 6) is -1.25. The van der Waals surface area contributed by atoms with E-state index >= 15 is 0 Å². The lowest BCUT2D eigenvalue weighted by Crippen LogP contribution is -2.36. The molecule has 0 aromatic rings. The molecule has 0 spiro atoms. The standard InChI is InChI=1S/C11H19NO5S/c1-8(13)3-5-17-6-4-12-11(16)9(18-2)7-10(14)15/h9H,3-7H2,1-2H3,(H,12,16)(H,14,15). The zero-order chi connectivity index (χ0) is 14.0. The first-order valence-electron chi connectivity index (χ1n) is 5.56. The van der Waals surface area contributed by atoms with E-state index in [1.54, 1.807) is 6.26 Å². The minimum atomic E-state index is -0.998. The van der Waals surface area contributed by atoms with Gasteiger partial charge >= 0.3 is 5.97 Å². The van der Waals surface area contributed by atoms with Crippen LogP contribution in [0.1, 0.15) is 19.8 Å². The topological polar surface area (TPSA) is 92.7 Å². The normalized spacial score (nSPS) is 11.9. The molecule has 0 fully saturated rings. The number of aliphatic carboxylic acids is 1. The fourth-order valence-corrected chi connectivity index (χ4v) is 1.73. The number of carboxylic acids is 1. The SMILES string of the molecule is CSC(CC(=O)O)C(=O)NCCOCCC(C)=O. The number of Topliss-reactive ketones (excluding diaryl/α,β-unsaturated/α-hetero) is 1. The first-order valence-corrected chi connectivity index (χ1v) is 6.85. The summed E-state index contributed by atoms with van der Waals surface area (Å²) in [6.45, 7) is 2.45. The van der Waals surface area contributed by atoms with Crippen molar-refractivity contribution in [2.75, 3.05) is 26.0 Å². The molecule has 0 bridgehead atoms. The van der Waals surface area contributed by atoms with Gasteiger partial charge in [-0.1, -0.05) is 0 Å². The lowest BCUT2D eigenvalue weighted by atomic mass is 10.3. The van der Waals surface area contributed by atoms with Crippen molar-refractivity contribution in [2.24, 2.45) is 0 Å². The molecule has 7 heteroatoms. The van der Waals surface area contributed by atoms with E-state index in [4.69, 9.17) is 9.84 Å². The van der Waals surface area contributed by atoms with Gasteiger partial charge in [0.1, 0.15) is 5.78 Å². The van der Waals surface area contributed by atoms with E-state index in [1.807, 2.05) is 0 Å². The number of amides is 1. The summed E-state index contributed by atoms with van der Waals surface area (Å²) in [4.78, 5) is 32.7. The van der Waals surface area contributed by atoms with Crippen LogP contribution in [0.4, 0.5) is 0 Å². The zero-order valence-electron chi connectivity index (χ0n) is 10.6. The van der Waals surface area contributed by atoms with Crippen LogP contribution in [0.25, 0.3) is 0 Å². The second-order valence-electron chi connectivity index (χ2n) is 3.68. The summed E-state index contributed by atoms with van der Waals surface area (Å²) >= 11 is 1.20. The molecule has 18 heavy (non-hydrogen) atoms. The van der Waals surface area contributed by atoms with Crippen LogP contribution < -0.4 is 5.32 Å². The van der Waals surface area contributed by atoms with Gasteiger partial charge in [-0.3, -0.25) is 14.4 Å². The van der Waals surface area contributed by atoms with Gasteiger partial charge in [-0.15, -0.1) is 0 Å². The molecular weight excluding hydrogens is 258 g/mol. The van der Waals surface area contributed by atoms with Gasteiger partial charge in [-0.25, -0.2) is 0 Å². The van der Waals surface area contributed by atoms with Crippen LogP contribution in [0, 0.1) is 0 Å². The van der Waals surface area contributed by atoms with E-state index < -0.39 is 11.2 Å². The Morgan fingerprint density at radius 3 is 2.50 bits per heavy atom. The molecule has 104 valence electrons. The van der Waals surface area contributed by atoms with Crippen LogP contribution in [0.3, 0.4) is 0 Å². The molecule has 1 unspecified atom stereocenters. The van der Waals surface area contributed by atoms with Gasteiger partial charge in [0.25, 0.3) is 0 Å². The number of hydrogen-bond donors (Lipinski definition) is 2. The average Bonchev–Trinajstić information content (AvgIpc) is 2.29. The summed E-state index contributed by atoms with van der Waals surface area (Å²) < 4.78 is 5.13. The molecule has 0 aromatic heterocycles. The lowest BCUT2D eigenvalue weighted by molar-refractivity contribution is -0.138. The van der Waals surface area contributed by atoms with E-state index in [0.29, 0.717) is 26.2 Å². The predicted molar refractivity (Wildman–Crippen MR) is 68.7 cm³/mol. The Morgan fingerprint density at radius 1 is 1.33 bits per heavy atom. The van der Waals surface area contributed by atoms with Crippen molar-refractivity contribution in [3.8, 4) is 0 Å². The first kappa shape index (κ1) is 16.9. The summed E-state index contributed by atoms with van der Waals surface area (Å²) in [5.41, 5.74) is 0. The van der Waals surface area contributed by atoms with Crippen LogP contribution in [0.5, 0.6) is 0 Å². The predicted octanol–water partition coefficient (Wildman–Crippen LogP) is 0.305. The Bertz CT molecular complexity index is 295. The highest BCUT2D eigenvalue weighted by molar-refractivity contribution is 7.99. The first-order chi connectivity index (χ1) is 8.47. The molecule has 0 aliphatic rings. The second kappa shape index (κ2) is 9.90. The molecule has 2 N–H and O–H groups in total. The van der Waals surface area contributed by atoms with Crippen molar-refractivity contribution in [3.63, 3.8) is 0 Å². The fourth-order valence-electron chi connectivity index (χ4n) is 1.12. The Kier molecular flexibility index (Phi) is 9.31. The third kappa shape index (κ3) is 9.00. The molecule has 0 aromatic carbocycles. The molecule has 6 nitrogen and oxygen atoms in total. The largest absolute Gasteiger partial charge is 0.481 e. The maximum Gasteiger partial charge on any atom is 0.305 e. The quantitative estimate of drug-likeness (QED) is 0.558. The van der Waals surface area contributed by atoms with Crippen molar-refractivity contribution in [2.45, 2.75) is 25.0 Å². The van der Waals surface area contributed by atoms with Gasteiger partial charge in [0.15, 0.2) is 0 Å². The van der Waals surface area contributed by atoms with E-state index in [9.17, 15) is 14.4 Å². The number of carboxylic acid groups (broad SMARTS) is 1. The molecule has 0 saturated carbocycles. The van der Waals surface area contributed by atoms with Crippen LogP contribution in [0.2, 0.25) is 0 Å². The van der Waals surface area contributed by atoms with Crippen LogP contribution >= 0.6 is 11.8 Å². The van der Waals surface area contributed by atoms with Crippen LogP contribution in [-0.4, -0.2) is 54.0 Å². The van der Waals surface area contributed by atoms with E-state index in [1.165, 1.54) is 18.7 Å². The molecule has 0 saturated heterocycles. The summed E-state index contributed by atoms with van der Waals surface area (Å²) in [5, 5.41) is 10.6. The van der Waals surface area contributed by atoms with Gasteiger partial charge in [0.2, 0.25) is 5.91 Å². The lowest BCUT2D eigenvalue weighted by Gasteiger charge is -2.12. The van der Waals surface area contributed by atoms with Gasteiger partial charge in [0.05, 0.1) is 24.9 Å². The number of ether oxygens (including phenoxy) is 1. The van der Waals surface area contributed by atoms with Gasteiger partial charge < -0.3 is 15.2 Å². The van der Waals surface area contributed by atoms with Crippen molar-refractivity contribution in [3.05, 3.63) is 0 Å². The van der Waals surface area contributed by atoms with Crippen molar-refractivity contribution < 1.29 is 24.2 Å². The number of nitrogens with one attached hydrogen (secondary N) is 1. The Morgan fingerprint density at radius 2 is 2.00 bits per heavy atom. The third-order valence-electron chi connectivity index (χ3n) is 2.08. The smallest absolute Gasteiger partial charge is 0.305 e. The molecule has 0 aliphatic heterocycles. The summed E-state index contributed by atoms with van der Waals surface area (Å²) in [6, 6.07) is 0. The molecule has 0 aliphatic carbocycles. The minimum absolute atomic E-state index is 0.0583. The molecular formula is C11H19NO5S. The number of ketones is 1. The maximum atomic E-state index is 11.5. The Labute approximate surface area is 110 Å². The number of rotatable bonds is 10. The van der Waals surface area contributed by atoms with E-state index in [2.05, 4.69) is 5.32 Å². The fraction of sp³-hybridized carbons (Fsp3) is 0.727. The van der Waals surface area contributed by atoms with E-state index in [0.717, 1.165) is 0 Å². The molecule has 1 atom stereocenters. The minimum Gasteiger partial charge on any atom is -0.481 e. The average molecular weight is 277 g/mol. The highest BCUT2D eigenvalue weighted by atomic mass is 32.2. The third-order valence-corrected chi connectivity index (χ3v) is 3.03. The van der Waals surface area contributed by atoms with Gasteiger partial charge in [-0.2, -0.15) is 11.8 Å². The Balaban J connectivity index is 3.68. The van der Waals surface area contributed by atoms with Gasteiger partial charge in [0, 0.05) is 13.0 Å². The van der Waals surface area contributed by atoms with E-state index in [-0.39, 0.29) is 18.1 Å². The summed E-state index contributed by atoms with van der Waals surface area (Å²) in [6.07, 6.45) is 1.86. The zero-order valence-corrected chi connectivity index (χ0v) is 11.4. The number of carbonyl (C=O) groups is 3. The molecule has 0 radical (unpaired) electrons. The van der Waals surface area contributed by atoms with Crippen LogP contribution in [0.15, 0.2) is 0 Å². The highest BCUT2D eigenvalue weighted by Crippen LogP contribution is 2.10. The van der Waals surface area contributed by atoms with Crippen molar-refractivity contribution in [1.29, 1.82) is 0 Å². The Hall–Kier alpha value is -1.08. The second-order valence-corrected chi connectivity index (χ2v) is 4.72.